The molecule has 0 aromatic carbocycles. The van der Waals surface area contributed by atoms with Gasteiger partial charge in [0, 0.05) is 38.7 Å². The molecule has 3 aliphatic rings. The summed E-state index contributed by atoms with van der Waals surface area (Å²) in [5.74, 6) is 1.66. The molecule has 6 nitrogen and oxygen atoms in total. The lowest BCUT2D eigenvalue weighted by Crippen LogP contribution is -2.54. The number of nitrogens with one attached hydrogen (secondary N) is 2. The zero-order chi connectivity index (χ0) is 19.4. The molecule has 0 spiro atoms. The van der Waals surface area contributed by atoms with E-state index >= 15 is 0 Å². The van der Waals surface area contributed by atoms with Crippen molar-refractivity contribution in [3.63, 3.8) is 0 Å². The van der Waals surface area contributed by atoms with E-state index in [1.807, 2.05) is 42.2 Å². The summed E-state index contributed by atoms with van der Waals surface area (Å²) in [6, 6.07) is 0. The molecular weight excluding hydrogens is 338 g/mol. The van der Waals surface area contributed by atoms with Crippen molar-refractivity contribution in [3.8, 4) is 0 Å². The molecule has 0 aromatic rings. The molecule has 2 heterocycles. The zero-order valence-electron chi connectivity index (χ0n) is 16.0. The van der Waals surface area contributed by atoms with Gasteiger partial charge in [-0.15, -0.1) is 0 Å². The second kappa shape index (κ2) is 8.48. The fourth-order valence-corrected chi connectivity index (χ4v) is 3.61. The molecule has 0 radical (unpaired) electrons. The molecule has 3 N–H and O–H groups in total. The third kappa shape index (κ3) is 4.27. The van der Waals surface area contributed by atoms with Crippen LogP contribution < -0.4 is 0 Å². The first-order chi connectivity index (χ1) is 13.0. The summed E-state index contributed by atoms with van der Waals surface area (Å²) < 4.78 is 0. The number of hydrogen-bond donors (Lipinski definition) is 3. The molecule has 1 aliphatic carbocycles. The van der Waals surface area contributed by atoms with E-state index in [1.54, 1.807) is 0 Å². The van der Waals surface area contributed by atoms with E-state index in [-0.39, 0.29) is 12.5 Å². The maximum atomic E-state index is 9.25. The molecule has 2 fully saturated rings. The second-order valence-corrected chi connectivity index (χ2v) is 7.36. The first kappa shape index (κ1) is 19.3. The summed E-state index contributed by atoms with van der Waals surface area (Å²) in [5, 5.41) is 26.1. The van der Waals surface area contributed by atoms with Crippen LogP contribution in [-0.2, 0) is 0 Å². The van der Waals surface area contributed by atoms with Gasteiger partial charge in [-0.2, -0.15) is 0 Å². The van der Waals surface area contributed by atoms with E-state index < -0.39 is 0 Å². The summed E-state index contributed by atoms with van der Waals surface area (Å²) in [6.07, 6.45) is 11.6. The molecule has 0 atom stereocenters. The van der Waals surface area contributed by atoms with Crippen molar-refractivity contribution in [2.24, 2.45) is 16.8 Å². The van der Waals surface area contributed by atoms with Gasteiger partial charge in [0.05, 0.1) is 11.4 Å². The average molecular weight is 367 g/mol. The Morgan fingerprint density at radius 2 is 1.89 bits per heavy atom. The smallest absolute Gasteiger partial charge is 0.142 e. The maximum Gasteiger partial charge on any atom is 0.142 e. The Morgan fingerprint density at radius 1 is 1.22 bits per heavy atom. The number of amidine groups is 1. The van der Waals surface area contributed by atoms with E-state index in [0.29, 0.717) is 17.5 Å². The van der Waals surface area contributed by atoms with Crippen LogP contribution in [0.2, 0.25) is 0 Å². The van der Waals surface area contributed by atoms with Gasteiger partial charge in [-0.1, -0.05) is 24.8 Å². The van der Waals surface area contributed by atoms with Gasteiger partial charge < -0.3 is 20.3 Å². The third-order valence-corrected chi connectivity index (χ3v) is 5.54. The lowest BCUT2D eigenvalue weighted by atomic mass is 9.91. The number of rotatable bonds is 5. The normalized spacial score (nSPS) is 23.1. The minimum Gasteiger partial charge on any atom is -0.396 e. The van der Waals surface area contributed by atoms with E-state index in [0.717, 1.165) is 56.1 Å². The van der Waals surface area contributed by atoms with Gasteiger partial charge in [0.15, 0.2) is 0 Å². The molecule has 6 heteroatoms. The highest BCUT2D eigenvalue weighted by Crippen LogP contribution is 2.25. The van der Waals surface area contributed by atoms with Crippen LogP contribution in [0.1, 0.15) is 19.8 Å². The Bertz CT molecular complexity index is 732. The molecular formula is C21H29N5O. The molecule has 27 heavy (non-hydrogen) atoms. The van der Waals surface area contributed by atoms with Crippen molar-refractivity contribution in [3.05, 3.63) is 48.4 Å². The Morgan fingerprint density at radius 3 is 2.48 bits per heavy atom. The van der Waals surface area contributed by atoms with E-state index in [9.17, 15) is 5.11 Å². The summed E-state index contributed by atoms with van der Waals surface area (Å²) in [5.41, 5.74) is 2.18. The summed E-state index contributed by atoms with van der Waals surface area (Å²) >= 11 is 0. The van der Waals surface area contributed by atoms with Crippen molar-refractivity contribution in [2.75, 3.05) is 32.8 Å². The fraction of sp³-hybridized carbons (Fsp3) is 0.476. The van der Waals surface area contributed by atoms with Gasteiger partial charge in [0.25, 0.3) is 0 Å². The first-order valence-electron chi connectivity index (χ1n) is 9.60. The van der Waals surface area contributed by atoms with Crippen molar-refractivity contribution in [1.82, 2.24) is 9.80 Å². The quantitative estimate of drug-likeness (QED) is 0.516. The summed E-state index contributed by atoms with van der Waals surface area (Å²) in [7, 11) is 0. The standard InChI is InChI=1S/C21H29N5O/c1-3-19(24-18-7-5-4-6-15(18)2)26-12-17(13-26)20(22)21(23)25-10-8-16(14-27)9-11-25/h3-7,16-17,22-23,27H,2,8-14H2,1H3/b19-3+,22-20?,23-21?,24-18-. The fourth-order valence-electron chi connectivity index (χ4n) is 3.61. The van der Waals surface area contributed by atoms with E-state index in [2.05, 4.69) is 11.5 Å². The van der Waals surface area contributed by atoms with E-state index in [1.165, 1.54) is 0 Å². The van der Waals surface area contributed by atoms with Gasteiger partial charge in [0.2, 0.25) is 0 Å². The highest BCUT2D eigenvalue weighted by Gasteiger charge is 2.35. The number of aliphatic imine (C=N–C) groups is 1. The predicted molar refractivity (Wildman–Crippen MR) is 111 cm³/mol. The number of aliphatic hydroxyl groups excluding tert-OH is 1. The van der Waals surface area contributed by atoms with Crippen LogP contribution in [0.25, 0.3) is 0 Å². The molecule has 2 aliphatic heterocycles. The number of aliphatic hydroxyl groups is 1. The predicted octanol–water partition coefficient (Wildman–Crippen LogP) is 2.60. The lowest BCUT2D eigenvalue weighted by Gasteiger charge is -2.43. The minimum atomic E-state index is 0.0770. The van der Waals surface area contributed by atoms with Gasteiger partial charge in [0.1, 0.15) is 11.7 Å². The van der Waals surface area contributed by atoms with Crippen molar-refractivity contribution in [1.29, 1.82) is 10.8 Å². The Hall–Kier alpha value is -2.47. The van der Waals surface area contributed by atoms with Crippen molar-refractivity contribution in [2.45, 2.75) is 19.8 Å². The number of likely N-dealkylation sites (tertiary alicyclic amines) is 2. The Kier molecular flexibility index (Phi) is 6.06. The van der Waals surface area contributed by atoms with Crippen LogP contribution >= 0.6 is 0 Å². The minimum absolute atomic E-state index is 0.0770. The number of hydrogen-bond acceptors (Lipinski definition) is 5. The average Bonchev–Trinajstić information content (AvgIpc) is 2.66. The van der Waals surface area contributed by atoms with Gasteiger partial charge in [-0.25, -0.2) is 4.99 Å². The number of piperidine rings is 1. The van der Waals surface area contributed by atoms with Gasteiger partial charge in [-0.05, 0) is 43.4 Å². The number of allylic oxidation sites excluding steroid dienone is 6. The largest absolute Gasteiger partial charge is 0.396 e. The molecule has 0 bridgehead atoms. The summed E-state index contributed by atoms with van der Waals surface area (Å²) in [6.45, 7) is 9.17. The Labute approximate surface area is 161 Å². The molecule has 0 aromatic heterocycles. The Balaban J connectivity index is 1.53. The third-order valence-electron chi connectivity index (χ3n) is 5.54. The molecule has 0 amide bonds. The summed E-state index contributed by atoms with van der Waals surface area (Å²) in [4.78, 5) is 8.84. The monoisotopic (exact) mass is 367 g/mol. The van der Waals surface area contributed by atoms with Crippen LogP contribution in [-0.4, -0.2) is 65.0 Å². The lowest BCUT2D eigenvalue weighted by molar-refractivity contribution is 0.165. The number of nitrogens with zero attached hydrogens (tertiary/aromatic N) is 3. The highest BCUT2D eigenvalue weighted by atomic mass is 16.3. The zero-order valence-corrected chi connectivity index (χ0v) is 16.0. The van der Waals surface area contributed by atoms with E-state index in [4.69, 9.17) is 15.8 Å². The van der Waals surface area contributed by atoms with Crippen molar-refractivity contribution < 1.29 is 5.11 Å². The second-order valence-electron chi connectivity index (χ2n) is 7.36. The maximum absolute atomic E-state index is 9.25. The van der Waals surface area contributed by atoms with Crippen molar-refractivity contribution >= 4 is 17.3 Å². The SMILES string of the molecule is C=C1C=CC=C/C1=N/C(=C\C)N1CC(C(=N)C(=N)N2CCC(CO)CC2)C1. The molecule has 2 saturated heterocycles. The van der Waals surface area contributed by atoms with Crippen LogP contribution in [0.3, 0.4) is 0 Å². The molecule has 0 saturated carbocycles. The highest BCUT2D eigenvalue weighted by molar-refractivity contribution is 6.39. The van der Waals surface area contributed by atoms with Crippen LogP contribution in [0, 0.1) is 22.7 Å². The topological polar surface area (TPSA) is 86.8 Å². The molecule has 3 rings (SSSR count). The van der Waals surface area contributed by atoms with Crippen LogP contribution in [0.4, 0.5) is 0 Å². The molecule has 0 unspecified atom stereocenters. The van der Waals surface area contributed by atoms with Gasteiger partial charge >= 0.3 is 0 Å². The molecule has 144 valence electrons. The van der Waals surface area contributed by atoms with Crippen LogP contribution in [0.15, 0.2) is 53.3 Å². The van der Waals surface area contributed by atoms with Gasteiger partial charge in [-0.3, -0.25) is 5.41 Å². The van der Waals surface area contributed by atoms with Crippen LogP contribution in [0.5, 0.6) is 0 Å². The first-order valence-corrected chi connectivity index (χ1v) is 9.60.